The van der Waals surface area contributed by atoms with Gasteiger partial charge in [0.2, 0.25) is 11.8 Å². The molecule has 36 heavy (non-hydrogen) atoms. The van der Waals surface area contributed by atoms with Crippen LogP contribution in [-0.4, -0.2) is 40.6 Å². The number of hydrogen-bond acceptors (Lipinski definition) is 5. The van der Waals surface area contributed by atoms with Crippen molar-refractivity contribution < 1.29 is 14.4 Å². The topological polar surface area (TPSA) is 81.8 Å². The summed E-state index contributed by atoms with van der Waals surface area (Å²) in [4.78, 5) is 40.6. The number of rotatable bonds is 4. The fourth-order valence-corrected chi connectivity index (χ4v) is 6.17. The lowest BCUT2D eigenvalue weighted by Gasteiger charge is -2.29. The monoisotopic (exact) mass is 484 g/mol. The molecular weight excluding hydrogens is 452 g/mol. The lowest BCUT2D eigenvalue weighted by atomic mass is 9.84. The summed E-state index contributed by atoms with van der Waals surface area (Å²) in [6.07, 6.45) is 9.43. The lowest BCUT2D eigenvalue weighted by molar-refractivity contribution is -0.136. The molecule has 7 heteroatoms. The van der Waals surface area contributed by atoms with E-state index >= 15 is 0 Å². The third-order valence-electron chi connectivity index (χ3n) is 8.20. The van der Waals surface area contributed by atoms with Crippen molar-refractivity contribution in [1.82, 2.24) is 20.4 Å². The average Bonchev–Trinajstić information content (AvgIpc) is 3.44. The summed E-state index contributed by atoms with van der Waals surface area (Å²) in [6, 6.07) is 14.3. The van der Waals surface area contributed by atoms with Crippen LogP contribution in [0.5, 0.6) is 0 Å². The molecule has 6 rings (SSSR count). The van der Waals surface area contributed by atoms with Crippen LogP contribution < -0.4 is 10.6 Å². The fourth-order valence-electron chi connectivity index (χ4n) is 6.17. The molecule has 1 saturated heterocycles. The number of fused-ring (bicyclic) bond motifs is 1. The summed E-state index contributed by atoms with van der Waals surface area (Å²) in [7, 11) is 2.07. The van der Waals surface area contributed by atoms with Crippen LogP contribution >= 0.6 is 0 Å². The average molecular weight is 485 g/mol. The van der Waals surface area contributed by atoms with Crippen LogP contribution in [-0.2, 0) is 16.1 Å². The van der Waals surface area contributed by atoms with E-state index in [1.807, 2.05) is 18.2 Å². The van der Waals surface area contributed by atoms with E-state index in [1.54, 1.807) is 4.90 Å². The first-order chi connectivity index (χ1) is 17.5. The number of piperidine rings is 1. The number of carbonyl (C=O) groups is 3. The number of imide groups is 1. The molecule has 3 aliphatic heterocycles. The SMILES string of the molecule is CN1C=C(c2ccc3c(c2)CN(C2CCC(=O)NC2=O)C3=O)NC1c1ccc(C2CCCCC2)cc1. The smallest absolute Gasteiger partial charge is 0.255 e. The van der Waals surface area contributed by atoms with E-state index in [0.29, 0.717) is 24.4 Å². The molecule has 0 aromatic heterocycles. The van der Waals surface area contributed by atoms with Gasteiger partial charge in [0.25, 0.3) is 5.91 Å². The van der Waals surface area contributed by atoms with Gasteiger partial charge in [0.1, 0.15) is 12.2 Å². The minimum Gasteiger partial charge on any atom is -0.360 e. The Morgan fingerprint density at radius 3 is 2.39 bits per heavy atom. The molecule has 3 heterocycles. The maximum absolute atomic E-state index is 13.0. The number of hydrogen-bond donors (Lipinski definition) is 2. The van der Waals surface area contributed by atoms with E-state index in [1.165, 1.54) is 43.2 Å². The molecule has 186 valence electrons. The minimum absolute atomic E-state index is 0.0512. The predicted octanol–water partition coefficient (Wildman–Crippen LogP) is 4.03. The Kier molecular flexibility index (Phi) is 5.78. The Morgan fingerprint density at radius 2 is 1.64 bits per heavy atom. The van der Waals surface area contributed by atoms with Crippen molar-refractivity contribution in [3.63, 3.8) is 0 Å². The summed E-state index contributed by atoms with van der Waals surface area (Å²) in [5.74, 6) is -0.104. The second kappa shape index (κ2) is 9.12. The highest BCUT2D eigenvalue weighted by atomic mass is 16.2. The Bertz CT molecular complexity index is 1250. The molecule has 0 spiro atoms. The van der Waals surface area contributed by atoms with Crippen molar-refractivity contribution in [3.8, 4) is 0 Å². The van der Waals surface area contributed by atoms with Gasteiger partial charge in [0, 0.05) is 31.8 Å². The van der Waals surface area contributed by atoms with Gasteiger partial charge in [-0.15, -0.1) is 0 Å². The summed E-state index contributed by atoms with van der Waals surface area (Å²) in [6.45, 7) is 0.378. The van der Waals surface area contributed by atoms with E-state index in [-0.39, 0.29) is 30.3 Å². The van der Waals surface area contributed by atoms with Crippen molar-refractivity contribution in [2.45, 2.75) is 69.6 Å². The number of nitrogens with zero attached hydrogens (tertiary/aromatic N) is 2. The van der Waals surface area contributed by atoms with Crippen LogP contribution in [0.15, 0.2) is 48.7 Å². The lowest BCUT2D eigenvalue weighted by Crippen LogP contribution is -2.52. The Labute approximate surface area is 211 Å². The quantitative estimate of drug-likeness (QED) is 0.641. The molecule has 0 radical (unpaired) electrons. The molecule has 4 aliphatic rings. The Balaban J connectivity index is 1.16. The van der Waals surface area contributed by atoms with Crippen LogP contribution in [0.4, 0.5) is 0 Å². The van der Waals surface area contributed by atoms with Crippen molar-refractivity contribution in [2.75, 3.05) is 7.05 Å². The molecule has 2 unspecified atom stereocenters. The highest BCUT2D eigenvalue weighted by Gasteiger charge is 2.39. The third-order valence-corrected chi connectivity index (χ3v) is 8.20. The number of nitrogens with one attached hydrogen (secondary N) is 2. The molecular formula is C29H32N4O3. The molecule has 0 bridgehead atoms. The maximum atomic E-state index is 13.0. The molecule has 1 saturated carbocycles. The van der Waals surface area contributed by atoms with Crippen LogP contribution in [0.2, 0.25) is 0 Å². The zero-order chi connectivity index (χ0) is 24.8. The molecule has 2 aromatic carbocycles. The van der Waals surface area contributed by atoms with Crippen LogP contribution in [0.3, 0.4) is 0 Å². The first-order valence-corrected chi connectivity index (χ1v) is 13.1. The largest absolute Gasteiger partial charge is 0.360 e. The van der Waals surface area contributed by atoms with Gasteiger partial charge in [0.15, 0.2) is 0 Å². The van der Waals surface area contributed by atoms with E-state index in [2.05, 4.69) is 53.0 Å². The summed E-state index contributed by atoms with van der Waals surface area (Å²) in [5, 5.41) is 6.01. The Hall–Kier alpha value is -3.61. The summed E-state index contributed by atoms with van der Waals surface area (Å²) < 4.78 is 0. The molecule has 2 atom stereocenters. The molecule has 2 aromatic rings. The van der Waals surface area contributed by atoms with E-state index in [4.69, 9.17) is 0 Å². The molecule has 2 N–H and O–H groups in total. The van der Waals surface area contributed by atoms with Crippen molar-refractivity contribution in [1.29, 1.82) is 0 Å². The molecule has 2 fully saturated rings. The van der Waals surface area contributed by atoms with E-state index in [0.717, 1.165) is 16.8 Å². The highest BCUT2D eigenvalue weighted by Crippen LogP contribution is 2.35. The van der Waals surface area contributed by atoms with Gasteiger partial charge in [-0.2, -0.15) is 0 Å². The zero-order valence-electron chi connectivity index (χ0n) is 20.6. The van der Waals surface area contributed by atoms with E-state index in [9.17, 15) is 14.4 Å². The summed E-state index contributed by atoms with van der Waals surface area (Å²) in [5.41, 5.74) is 6.24. The fraction of sp³-hybridized carbons (Fsp3) is 0.414. The van der Waals surface area contributed by atoms with Crippen LogP contribution in [0.1, 0.15) is 89.6 Å². The minimum atomic E-state index is -0.595. The van der Waals surface area contributed by atoms with Gasteiger partial charge >= 0.3 is 0 Å². The van der Waals surface area contributed by atoms with Crippen molar-refractivity contribution >= 4 is 23.4 Å². The number of carbonyl (C=O) groups excluding carboxylic acids is 3. The number of amides is 3. The molecule has 3 amide bonds. The Morgan fingerprint density at radius 1 is 0.889 bits per heavy atom. The van der Waals surface area contributed by atoms with Crippen molar-refractivity contribution in [2.24, 2.45) is 0 Å². The predicted molar refractivity (Wildman–Crippen MR) is 136 cm³/mol. The maximum Gasteiger partial charge on any atom is 0.255 e. The van der Waals surface area contributed by atoms with Gasteiger partial charge in [-0.1, -0.05) is 49.6 Å². The van der Waals surface area contributed by atoms with Crippen LogP contribution in [0, 0.1) is 0 Å². The zero-order valence-corrected chi connectivity index (χ0v) is 20.6. The molecule has 7 nitrogen and oxygen atoms in total. The number of benzene rings is 2. The standard InChI is InChI=1S/C29H32N4O3/c1-32-17-24(30-27(32)20-9-7-19(8-10-20)18-5-3-2-4-6-18)21-11-12-23-22(15-21)16-33(29(23)36)25-13-14-26(34)31-28(25)35/h7-12,15,17-18,25,27,30H,2-6,13-14,16H2,1H3,(H,31,34,35). The summed E-state index contributed by atoms with van der Waals surface area (Å²) >= 11 is 0. The van der Waals surface area contributed by atoms with Crippen LogP contribution in [0.25, 0.3) is 5.70 Å². The third kappa shape index (κ3) is 4.06. The first kappa shape index (κ1) is 22.8. The normalized spacial score (nSPS) is 24.5. The van der Waals surface area contributed by atoms with Gasteiger partial charge in [0.05, 0.1) is 5.70 Å². The van der Waals surface area contributed by atoms with Gasteiger partial charge in [-0.05, 0) is 59.6 Å². The van der Waals surface area contributed by atoms with Gasteiger partial charge < -0.3 is 15.1 Å². The van der Waals surface area contributed by atoms with Crippen molar-refractivity contribution in [3.05, 3.63) is 76.5 Å². The van der Waals surface area contributed by atoms with Gasteiger partial charge in [-0.25, -0.2) is 0 Å². The van der Waals surface area contributed by atoms with Gasteiger partial charge in [-0.3, -0.25) is 19.7 Å². The highest BCUT2D eigenvalue weighted by molar-refractivity contribution is 6.05. The second-order valence-electron chi connectivity index (χ2n) is 10.5. The van der Waals surface area contributed by atoms with E-state index < -0.39 is 6.04 Å². The second-order valence-corrected chi connectivity index (χ2v) is 10.5. The first-order valence-electron chi connectivity index (χ1n) is 13.1. The molecule has 1 aliphatic carbocycles.